The standard InChI is InChI=1S/C8H9NO2/c1-3-5-6(4-2)9-8(11)7(5)10/h3-4H,1-2H3,(H,9,11)/b5-3+,6-4+. The molecule has 0 aromatic rings. The lowest BCUT2D eigenvalue weighted by Gasteiger charge is -1.92. The lowest BCUT2D eigenvalue weighted by molar-refractivity contribution is -0.133. The first-order valence-electron chi connectivity index (χ1n) is 3.39. The third-order valence-corrected chi connectivity index (χ3v) is 1.57. The molecule has 1 aliphatic heterocycles. The quantitative estimate of drug-likeness (QED) is 0.405. The Morgan fingerprint density at radius 1 is 1.18 bits per heavy atom. The molecule has 58 valence electrons. The van der Waals surface area contributed by atoms with Crippen LogP contribution in [0.5, 0.6) is 0 Å². The highest BCUT2D eigenvalue weighted by atomic mass is 16.2. The van der Waals surface area contributed by atoms with Gasteiger partial charge in [-0.25, -0.2) is 0 Å². The van der Waals surface area contributed by atoms with Crippen LogP contribution in [0.25, 0.3) is 0 Å². The predicted molar refractivity (Wildman–Crippen MR) is 40.7 cm³/mol. The Labute approximate surface area is 64.8 Å². The van der Waals surface area contributed by atoms with E-state index in [9.17, 15) is 9.59 Å². The minimum atomic E-state index is -0.536. The van der Waals surface area contributed by atoms with Gasteiger partial charge in [0.2, 0.25) is 0 Å². The number of nitrogens with one attached hydrogen (secondary N) is 1. The van der Waals surface area contributed by atoms with Crippen LogP contribution < -0.4 is 5.32 Å². The zero-order chi connectivity index (χ0) is 8.43. The second-order valence-electron chi connectivity index (χ2n) is 2.19. The van der Waals surface area contributed by atoms with Gasteiger partial charge >= 0.3 is 0 Å². The Morgan fingerprint density at radius 2 is 1.82 bits per heavy atom. The Bertz CT molecular complexity index is 274. The van der Waals surface area contributed by atoms with Crippen molar-refractivity contribution in [1.82, 2.24) is 5.32 Å². The van der Waals surface area contributed by atoms with E-state index in [4.69, 9.17) is 0 Å². The second kappa shape index (κ2) is 2.70. The molecular formula is C8H9NO2. The third kappa shape index (κ3) is 1.09. The molecule has 0 spiro atoms. The highest BCUT2D eigenvalue weighted by molar-refractivity contribution is 6.47. The molecule has 3 nitrogen and oxygen atoms in total. The fraction of sp³-hybridized carbons (Fsp3) is 0.250. The van der Waals surface area contributed by atoms with E-state index in [1.807, 2.05) is 0 Å². The summed E-state index contributed by atoms with van der Waals surface area (Å²) in [6, 6.07) is 0. The van der Waals surface area contributed by atoms with Gasteiger partial charge in [-0.2, -0.15) is 0 Å². The molecule has 1 fully saturated rings. The summed E-state index contributed by atoms with van der Waals surface area (Å²) in [7, 11) is 0. The summed E-state index contributed by atoms with van der Waals surface area (Å²) >= 11 is 0. The van der Waals surface area contributed by atoms with Gasteiger partial charge in [0.15, 0.2) is 0 Å². The topological polar surface area (TPSA) is 46.2 Å². The lowest BCUT2D eigenvalue weighted by Crippen LogP contribution is -2.17. The normalized spacial score (nSPS) is 24.9. The van der Waals surface area contributed by atoms with E-state index in [1.165, 1.54) is 0 Å². The summed E-state index contributed by atoms with van der Waals surface area (Å²) in [5, 5.41) is 2.46. The summed E-state index contributed by atoms with van der Waals surface area (Å²) in [6.45, 7) is 3.51. The zero-order valence-electron chi connectivity index (χ0n) is 6.47. The first-order chi connectivity index (χ1) is 5.20. The zero-order valence-corrected chi connectivity index (χ0v) is 6.47. The summed E-state index contributed by atoms with van der Waals surface area (Å²) in [4.78, 5) is 21.8. The summed E-state index contributed by atoms with van der Waals surface area (Å²) in [5.74, 6) is -0.980. The van der Waals surface area contributed by atoms with E-state index in [0.29, 0.717) is 11.3 Å². The van der Waals surface area contributed by atoms with Crippen LogP contribution in [0.15, 0.2) is 23.4 Å². The number of rotatable bonds is 0. The Hall–Kier alpha value is -1.38. The van der Waals surface area contributed by atoms with Crippen molar-refractivity contribution in [2.45, 2.75) is 13.8 Å². The number of hydrogen-bond acceptors (Lipinski definition) is 2. The van der Waals surface area contributed by atoms with Crippen molar-refractivity contribution in [3.63, 3.8) is 0 Å². The molecule has 1 amide bonds. The molecule has 3 heteroatoms. The van der Waals surface area contributed by atoms with Gasteiger partial charge < -0.3 is 5.32 Å². The average molecular weight is 151 g/mol. The fourth-order valence-corrected chi connectivity index (χ4v) is 1.01. The molecular weight excluding hydrogens is 142 g/mol. The van der Waals surface area contributed by atoms with Crippen molar-refractivity contribution in [2.75, 3.05) is 0 Å². The minimum absolute atomic E-state index is 0.444. The second-order valence-corrected chi connectivity index (χ2v) is 2.19. The van der Waals surface area contributed by atoms with Crippen LogP contribution in [-0.4, -0.2) is 11.7 Å². The summed E-state index contributed by atoms with van der Waals surface area (Å²) in [6.07, 6.45) is 3.34. The molecule has 0 bridgehead atoms. The van der Waals surface area contributed by atoms with Gasteiger partial charge in [0.05, 0.1) is 0 Å². The van der Waals surface area contributed by atoms with Crippen LogP contribution in [0.1, 0.15) is 13.8 Å². The van der Waals surface area contributed by atoms with Crippen LogP contribution >= 0.6 is 0 Å². The first-order valence-corrected chi connectivity index (χ1v) is 3.39. The number of Topliss-reactive ketones (excluding diaryl/α,β-unsaturated/α-hetero) is 1. The molecule has 0 atom stereocenters. The van der Waals surface area contributed by atoms with E-state index in [2.05, 4.69) is 5.32 Å². The van der Waals surface area contributed by atoms with Gasteiger partial charge in [0, 0.05) is 11.3 Å². The molecule has 1 N–H and O–H groups in total. The van der Waals surface area contributed by atoms with E-state index in [0.717, 1.165) is 0 Å². The summed E-state index contributed by atoms with van der Waals surface area (Å²) in [5.41, 5.74) is 1.08. The van der Waals surface area contributed by atoms with Crippen molar-refractivity contribution in [1.29, 1.82) is 0 Å². The van der Waals surface area contributed by atoms with Crippen LogP contribution in [0.3, 0.4) is 0 Å². The van der Waals surface area contributed by atoms with Crippen molar-refractivity contribution >= 4 is 11.7 Å². The number of allylic oxidation sites excluding steroid dienone is 3. The van der Waals surface area contributed by atoms with E-state index >= 15 is 0 Å². The van der Waals surface area contributed by atoms with Gasteiger partial charge in [-0.05, 0) is 13.8 Å². The molecule has 0 unspecified atom stereocenters. The van der Waals surface area contributed by atoms with Crippen molar-refractivity contribution in [3.8, 4) is 0 Å². The maximum absolute atomic E-state index is 11.0. The number of amides is 1. The Kier molecular flexibility index (Phi) is 1.89. The SMILES string of the molecule is C/C=C1/NC(=O)C(=O)/C1=C/C. The molecule has 0 aliphatic carbocycles. The van der Waals surface area contributed by atoms with Crippen LogP contribution in [-0.2, 0) is 9.59 Å². The smallest absolute Gasteiger partial charge is 0.296 e. The number of ketones is 1. The number of carbonyl (C=O) groups is 2. The highest BCUT2D eigenvalue weighted by Crippen LogP contribution is 2.14. The molecule has 11 heavy (non-hydrogen) atoms. The van der Waals surface area contributed by atoms with Gasteiger partial charge in [-0.15, -0.1) is 0 Å². The molecule has 0 aromatic carbocycles. The third-order valence-electron chi connectivity index (χ3n) is 1.57. The van der Waals surface area contributed by atoms with Crippen LogP contribution in [0.2, 0.25) is 0 Å². The molecule has 0 radical (unpaired) electrons. The van der Waals surface area contributed by atoms with Crippen molar-refractivity contribution in [2.24, 2.45) is 0 Å². The van der Waals surface area contributed by atoms with Crippen molar-refractivity contribution in [3.05, 3.63) is 23.4 Å². The maximum atomic E-state index is 11.0. The Balaban J connectivity index is 3.11. The first kappa shape index (κ1) is 7.72. The van der Waals surface area contributed by atoms with E-state index in [1.54, 1.807) is 26.0 Å². The van der Waals surface area contributed by atoms with Gasteiger partial charge in [-0.1, -0.05) is 12.2 Å². The van der Waals surface area contributed by atoms with Gasteiger partial charge in [0.25, 0.3) is 11.7 Å². The van der Waals surface area contributed by atoms with Crippen LogP contribution in [0.4, 0.5) is 0 Å². The lowest BCUT2D eigenvalue weighted by atomic mass is 10.1. The molecule has 1 rings (SSSR count). The highest BCUT2D eigenvalue weighted by Gasteiger charge is 2.29. The largest absolute Gasteiger partial charge is 0.319 e. The Morgan fingerprint density at radius 3 is 2.18 bits per heavy atom. The van der Waals surface area contributed by atoms with E-state index < -0.39 is 11.7 Å². The molecule has 0 aromatic heterocycles. The van der Waals surface area contributed by atoms with Crippen molar-refractivity contribution < 1.29 is 9.59 Å². The molecule has 1 aliphatic rings. The van der Waals surface area contributed by atoms with Gasteiger partial charge in [0.1, 0.15) is 0 Å². The molecule has 1 saturated heterocycles. The monoisotopic (exact) mass is 151 g/mol. The molecule has 0 saturated carbocycles. The average Bonchev–Trinajstić information content (AvgIpc) is 2.28. The minimum Gasteiger partial charge on any atom is -0.319 e. The maximum Gasteiger partial charge on any atom is 0.296 e. The number of carbonyl (C=O) groups excluding carboxylic acids is 2. The van der Waals surface area contributed by atoms with Crippen LogP contribution in [0, 0.1) is 0 Å². The van der Waals surface area contributed by atoms with E-state index in [-0.39, 0.29) is 0 Å². The fourth-order valence-electron chi connectivity index (χ4n) is 1.01. The van der Waals surface area contributed by atoms with Gasteiger partial charge in [-0.3, -0.25) is 9.59 Å². The molecule has 1 heterocycles. The predicted octanol–water partition coefficient (Wildman–Crippen LogP) is 0.535. The summed E-state index contributed by atoms with van der Waals surface area (Å²) < 4.78 is 0. The number of hydrogen-bond donors (Lipinski definition) is 1.